The molecule has 0 aliphatic carbocycles. The van der Waals surface area contributed by atoms with Gasteiger partial charge in [-0.3, -0.25) is 19.1 Å². The highest BCUT2D eigenvalue weighted by Crippen LogP contribution is 2.18. The summed E-state index contributed by atoms with van der Waals surface area (Å²) in [5.41, 5.74) is -1.49. The highest BCUT2D eigenvalue weighted by Gasteiger charge is 2.26. The van der Waals surface area contributed by atoms with Crippen LogP contribution in [0.3, 0.4) is 0 Å². The summed E-state index contributed by atoms with van der Waals surface area (Å²) in [6.07, 6.45) is 2.99. The molecule has 2 aromatic heterocycles. The SMILES string of the molecule is O=C(c1cn(CCO)c(=O)[nH]c1=O)N(Cc1cccs1)CC1CCCO1. The van der Waals surface area contributed by atoms with Gasteiger partial charge in [0.05, 0.1) is 25.8 Å². The Bertz CT molecular complexity index is 852. The van der Waals surface area contributed by atoms with E-state index in [0.717, 1.165) is 22.3 Å². The largest absolute Gasteiger partial charge is 0.395 e. The van der Waals surface area contributed by atoms with Crippen molar-refractivity contribution >= 4 is 17.2 Å². The van der Waals surface area contributed by atoms with Crippen LogP contribution in [0.2, 0.25) is 0 Å². The second-order valence-electron chi connectivity index (χ2n) is 6.12. The fraction of sp³-hybridized carbons (Fsp3) is 0.471. The average molecular weight is 379 g/mol. The molecule has 0 bridgehead atoms. The van der Waals surface area contributed by atoms with Gasteiger partial charge >= 0.3 is 5.69 Å². The Labute approximate surface area is 153 Å². The fourth-order valence-corrected chi connectivity index (χ4v) is 3.67. The first-order valence-corrected chi connectivity index (χ1v) is 9.34. The van der Waals surface area contributed by atoms with E-state index in [1.54, 1.807) is 4.90 Å². The van der Waals surface area contributed by atoms with E-state index in [-0.39, 0.29) is 24.8 Å². The van der Waals surface area contributed by atoms with Gasteiger partial charge in [-0.05, 0) is 24.3 Å². The molecule has 2 N–H and O–H groups in total. The number of ether oxygens (including phenoxy) is 1. The van der Waals surface area contributed by atoms with Gasteiger partial charge in [-0.25, -0.2) is 4.79 Å². The first-order valence-electron chi connectivity index (χ1n) is 8.46. The first-order chi connectivity index (χ1) is 12.6. The molecule has 0 spiro atoms. The summed E-state index contributed by atoms with van der Waals surface area (Å²) >= 11 is 1.53. The number of nitrogens with one attached hydrogen (secondary N) is 1. The number of hydrogen-bond acceptors (Lipinski definition) is 6. The van der Waals surface area contributed by atoms with Gasteiger partial charge in [0.1, 0.15) is 5.56 Å². The molecule has 140 valence electrons. The number of aromatic amines is 1. The lowest BCUT2D eigenvalue weighted by molar-refractivity contribution is 0.0507. The van der Waals surface area contributed by atoms with Gasteiger partial charge in [0.25, 0.3) is 11.5 Å². The minimum atomic E-state index is -0.724. The van der Waals surface area contributed by atoms with Crippen molar-refractivity contribution in [2.45, 2.75) is 32.0 Å². The number of H-pyrrole nitrogens is 1. The van der Waals surface area contributed by atoms with Crippen molar-refractivity contribution in [1.29, 1.82) is 0 Å². The zero-order valence-corrected chi connectivity index (χ0v) is 15.0. The lowest BCUT2D eigenvalue weighted by Gasteiger charge is -2.25. The molecule has 0 radical (unpaired) electrons. The third-order valence-corrected chi connectivity index (χ3v) is 5.11. The quantitative estimate of drug-likeness (QED) is 0.725. The van der Waals surface area contributed by atoms with Gasteiger partial charge in [0.15, 0.2) is 0 Å². The van der Waals surface area contributed by atoms with Gasteiger partial charge in [-0.2, -0.15) is 0 Å². The van der Waals surface area contributed by atoms with Crippen LogP contribution in [0.4, 0.5) is 0 Å². The monoisotopic (exact) mass is 379 g/mol. The topological polar surface area (TPSA) is 105 Å². The molecule has 8 nitrogen and oxygen atoms in total. The molecule has 1 aliphatic heterocycles. The van der Waals surface area contributed by atoms with Crippen LogP contribution >= 0.6 is 11.3 Å². The number of hydrogen-bond donors (Lipinski definition) is 2. The zero-order valence-electron chi connectivity index (χ0n) is 14.2. The summed E-state index contributed by atoms with van der Waals surface area (Å²) in [5.74, 6) is -0.457. The van der Waals surface area contributed by atoms with E-state index in [0.29, 0.717) is 19.7 Å². The van der Waals surface area contributed by atoms with Crippen molar-refractivity contribution < 1.29 is 14.6 Å². The van der Waals surface area contributed by atoms with Gasteiger partial charge in [-0.1, -0.05) is 6.07 Å². The van der Waals surface area contributed by atoms with Gasteiger partial charge in [0.2, 0.25) is 0 Å². The molecule has 0 saturated carbocycles. The Morgan fingerprint density at radius 1 is 1.46 bits per heavy atom. The molecule has 1 fully saturated rings. The number of carbonyl (C=O) groups excluding carboxylic acids is 1. The predicted molar refractivity (Wildman–Crippen MR) is 96.4 cm³/mol. The van der Waals surface area contributed by atoms with E-state index >= 15 is 0 Å². The van der Waals surface area contributed by atoms with Crippen molar-refractivity contribution in [3.8, 4) is 0 Å². The van der Waals surface area contributed by atoms with E-state index in [2.05, 4.69) is 4.98 Å². The molecule has 1 aliphatic rings. The third-order valence-electron chi connectivity index (χ3n) is 4.24. The molecular weight excluding hydrogens is 358 g/mol. The normalized spacial score (nSPS) is 16.7. The summed E-state index contributed by atoms with van der Waals surface area (Å²) in [6.45, 7) is 1.17. The summed E-state index contributed by atoms with van der Waals surface area (Å²) in [4.78, 5) is 41.7. The van der Waals surface area contributed by atoms with Crippen molar-refractivity contribution in [1.82, 2.24) is 14.5 Å². The molecule has 1 amide bonds. The Balaban J connectivity index is 1.89. The molecule has 9 heteroatoms. The van der Waals surface area contributed by atoms with Crippen LogP contribution in [0, 0.1) is 0 Å². The van der Waals surface area contributed by atoms with Crippen LogP contribution in [0.15, 0.2) is 33.3 Å². The molecule has 3 heterocycles. The number of aromatic nitrogens is 2. The van der Waals surface area contributed by atoms with Crippen LogP contribution in [0.1, 0.15) is 28.1 Å². The Morgan fingerprint density at radius 2 is 2.31 bits per heavy atom. The number of nitrogens with zero attached hydrogens (tertiary/aromatic N) is 2. The number of carbonyl (C=O) groups is 1. The van der Waals surface area contributed by atoms with E-state index in [1.807, 2.05) is 17.5 Å². The average Bonchev–Trinajstić information content (AvgIpc) is 3.30. The molecule has 1 unspecified atom stereocenters. The van der Waals surface area contributed by atoms with Crippen LogP contribution in [0.25, 0.3) is 0 Å². The second-order valence-corrected chi connectivity index (χ2v) is 7.15. The minimum absolute atomic E-state index is 0.00650. The zero-order chi connectivity index (χ0) is 18.5. The number of thiophene rings is 1. The molecule has 3 rings (SSSR count). The van der Waals surface area contributed by atoms with Gasteiger partial charge in [0, 0.05) is 24.2 Å². The van der Waals surface area contributed by atoms with Gasteiger partial charge in [-0.15, -0.1) is 11.3 Å². The summed E-state index contributed by atoms with van der Waals surface area (Å²) in [6, 6.07) is 3.83. The third kappa shape index (κ3) is 4.29. The highest BCUT2D eigenvalue weighted by molar-refractivity contribution is 7.09. The van der Waals surface area contributed by atoms with Crippen molar-refractivity contribution in [2.24, 2.45) is 0 Å². The maximum atomic E-state index is 13.0. The van der Waals surface area contributed by atoms with Crippen LogP contribution in [-0.4, -0.2) is 51.3 Å². The predicted octanol–water partition coefficient (Wildman–Crippen LogP) is 0.412. The smallest absolute Gasteiger partial charge is 0.328 e. The van der Waals surface area contributed by atoms with Crippen LogP contribution in [0.5, 0.6) is 0 Å². The Morgan fingerprint density at radius 3 is 2.96 bits per heavy atom. The molecular formula is C17H21N3O5S. The standard InChI is InChI=1S/C17H21N3O5S/c21-6-5-19-11-14(15(22)18-17(19)24)16(23)20(9-12-3-1-7-25-12)10-13-4-2-8-26-13/h2,4,8,11-12,21H,1,3,5-7,9-10H2,(H,18,22,24). The van der Waals surface area contributed by atoms with Gasteiger partial charge < -0.3 is 14.7 Å². The Kier molecular flexibility index (Phi) is 6.02. The number of amides is 1. The summed E-state index contributed by atoms with van der Waals surface area (Å²) in [5, 5.41) is 11.0. The number of rotatable bonds is 7. The van der Waals surface area contributed by atoms with E-state index in [1.165, 1.54) is 17.5 Å². The lowest BCUT2D eigenvalue weighted by atomic mass is 10.2. The van der Waals surface area contributed by atoms with Crippen molar-refractivity contribution in [3.05, 3.63) is 55.0 Å². The summed E-state index contributed by atoms with van der Waals surface area (Å²) < 4.78 is 6.76. The fourth-order valence-electron chi connectivity index (χ4n) is 2.95. The molecule has 0 aromatic carbocycles. The maximum Gasteiger partial charge on any atom is 0.328 e. The maximum absolute atomic E-state index is 13.0. The molecule has 1 saturated heterocycles. The molecule has 2 aromatic rings. The lowest BCUT2D eigenvalue weighted by Crippen LogP contribution is -2.41. The second kappa shape index (κ2) is 8.43. The first kappa shape index (κ1) is 18.6. The van der Waals surface area contributed by atoms with Crippen molar-refractivity contribution in [3.63, 3.8) is 0 Å². The molecule has 26 heavy (non-hydrogen) atoms. The Hall–Kier alpha value is -2.23. The van der Waals surface area contributed by atoms with E-state index in [9.17, 15) is 14.4 Å². The van der Waals surface area contributed by atoms with Crippen LogP contribution in [-0.2, 0) is 17.8 Å². The van der Waals surface area contributed by atoms with Crippen molar-refractivity contribution in [2.75, 3.05) is 19.8 Å². The molecule has 1 atom stereocenters. The number of aliphatic hydroxyl groups is 1. The minimum Gasteiger partial charge on any atom is -0.395 e. The van der Waals surface area contributed by atoms with Crippen LogP contribution < -0.4 is 11.2 Å². The summed E-state index contributed by atoms with van der Waals surface area (Å²) in [7, 11) is 0. The number of aliphatic hydroxyl groups excluding tert-OH is 1. The highest BCUT2D eigenvalue weighted by atomic mass is 32.1. The van der Waals surface area contributed by atoms with E-state index in [4.69, 9.17) is 9.84 Å². The van der Waals surface area contributed by atoms with E-state index < -0.39 is 17.2 Å².